The molecule has 0 radical (unpaired) electrons. The molecule has 0 atom stereocenters. The summed E-state index contributed by atoms with van der Waals surface area (Å²) in [5, 5.41) is 2.84. The van der Waals surface area contributed by atoms with Gasteiger partial charge in [0.1, 0.15) is 0 Å². The van der Waals surface area contributed by atoms with Crippen molar-refractivity contribution in [1.29, 1.82) is 0 Å². The molecule has 0 unspecified atom stereocenters. The van der Waals surface area contributed by atoms with Gasteiger partial charge in [0.25, 0.3) is 0 Å². The average molecular weight is 421 g/mol. The highest BCUT2D eigenvalue weighted by Gasteiger charge is 2.14. The zero-order valence-corrected chi connectivity index (χ0v) is 20.3. The minimum atomic E-state index is -0.441. The number of hydrogen-bond donors (Lipinski definition) is 0. The lowest BCUT2D eigenvalue weighted by molar-refractivity contribution is -0.109. The van der Waals surface area contributed by atoms with E-state index < -0.39 is 7.92 Å². The molecule has 0 heterocycles. The number of thioether (sulfide) groups is 1. The largest absolute Gasteiger partial charge is 0.310 e. The molecule has 0 N–H and O–H groups in total. The molecule has 0 bridgehead atoms. The Kier molecular flexibility index (Phi) is 16.0. The van der Waals surface area contributed by atoms with Crippen molar-refractivity contribution in [3.05, 3.63) is 60.7 Å². The van der Waals surface area contributed by atoms with Crippen molar-refractivity contribution in [1.82, 2.24) is 9.80 Å². The van der Waals surface area contributed by atoms with Crippen LogP contribution in [0.2, 0.25) is 0 Å². The number of hydrogen-bond acceptors (Lipinski definition) is 4. The normalized spacial score (nSPS) is 10.2. The van der Waals surface area contributed by atoms with Gasteiger partial charge < -0.3 is 9.80 Å². The van der Waals surface area contributed by atoms with Crippen LogP contribution >= 0.6 is 19.7 Å². The summed E-state index contributed by atoms with van der Waals surface area (Å²) in [5.41, 5.74) is 0.860. The van der Waals surface area contributed by atoms with Crippen molar-refractivity contribution in [2.24, 2.45) is 0 Å². The van der Waals surface area contributed by atoms with Gasteiger partial charge in [0.05, 0.1) is 0 Å². The molecule has 0 aliphatic heterocycles. The summed E-state index contributed by atoms with van der Waals surface area (Å²) < 4.78 is 0. The van der Waals surface area contributed by atoms with Crippen LogP contribution in [0.3, 0.4) is 0 Å². The molecular formula is C23H37N2OPS. The van der Waals surface area contributed by atoms with Gasteiger partial charge in [-0.15, -0.1) is 0 Å². The number of nitrogens with zero attached hydrogens (tertiary/aromatic N) is 2. The van der Waals surface area contributed by atoms with E-state index in [1.807, 2.05) is 12.1 Å². The fourth-order valence-corrected chi connectivity index (χ4v) is 5.47. The van der Waals surface area contributed by atoms with E-state index in [2.05, 4.69) is 100 Å². The number of carbonyl (C=O) groups is 1. The average Bonchev–Trinajstić information content (AvgIpc) is 2.70. The van der Waals surface area contributed by atoms with Crippen molar-refractivity contribution >= 4 is 35.4 Å². The lowest BCUT2D eigenvalue weighted by atomic mass is 10.4. The Bertz CT molecular complexity index is 574. The van der Waals surface area contributed by atoms with Crippen LogP contribution in [0.25, 0.3) is 0 Å². The van der Waals surface area contributed by atoms with Crippen LogP contribution in [-0.4, -0.2) is 61.7 Å². The van der Waals surface area contributed by atoms with Gasteiger partial charge in [-0.05, 0) is 59.8 Å². The molecule has 156 valence electrons. The van der Waals surface area contributed by atoms with Gasteiger partial charge in [-0.1, -0.05) is 86.3 Å². The highest BCUT2D eigenvalue weighted by molar-refractivity contribution is 8.18. The molecule has 0 fully saturated rings. The molecule has 0 aliphatic carbocycles. The van der Waals surface area contributed by atoms with Gasteiger partial charge in [-0.2, -0.15) is 0 Å². The summed E-state index contributed by atoms with van der Waals surface area (Å²) in [7, 11) is 7.78. The van der Waals surface area contributed by atoms with Gasteiger partial charge in [0.2, 0.25) is 0 Å². The molecule has 5 heteroatoms. The maximum Gasteiger partial charge on any atom is 0.186 e. The lowest BCUT2D eigenvalue weighted by Crippen LogP contribution is -2.13. The fraction of sp³-hybridized carbons (Fsp3) is 0.435. The molecule has 2 aromatic rings. The Morgan fingerprint density at radius 1 is 0.786 bits per heavy atom. The van der Waals surface area contributed by atoms with Crippen molar-refractivity contribution < 1.29 is 4.79 Å². The molecule has 28 heavy (non-hydrogen) atoms. The van der Waals surface area contributed by atoms with Gasteiger partial charge in [0.15, 0.2) is 5.12 Å². The predicted molar refractivity (Wildman–Crippen MR) is 131 cm³/mol. The zero-order chi connectivity index (χ0) is 21.4. The monoisotopic (exact) mass is 420 g/mol. The fourth-order valence-electron chi connectivity index (χ4n) is 1.67. The van der Waals surface area contributed by atoms with Crippen LogP contribution in [0.15, 0.2) is 60.7 Å². The second-order valence-electron chi connectivity index (χ2n) is 6.66. The Morgan fingerprint density at radius 2 is 1.11 bits per heavy atom. The third kappa shape index (κ3) is 13.9. The SMILES string of the molecule is CC(=O)SCP(c1ccccc1)c1ccccc1.CCN(C)C.CCN(C)C. The Morgan fingerprint density at radius 3 is 1.36 bits per heavy atom. The summed E-state index contributed by atoms with van der Waals surface area (Å²) in [5.74, 6) is 0. The molecule has 0 amide bonds. The van der Waals surface area contributed by atoms with Crippen LogP contribution < -0.4 is 10.6 Å². The quantitative estimate of drug-likeness (QED) is 0.643. The molecule has 2 rings (SSSR count). The van der Waals surface area contributed by atoms with E-state index >= 15 is 0 Å². The molecule has 0 saturated heterocycles. The predicted octanol–water partition coefficient (Wildman–Crippen LogP) is 4.49. The topological polar surface area (TPSA) is 23.6 Å². The molecule has 0 aromatic heterocycles. The van der Waals surface area contributed by atoms with Crippen molar-refractivity contribution in [3.63, 3.8) is 0 Å². The van der Waals surface area contributed by atoms with Crippen molar-refractivity contribution in [3.8, 4) is 0 Å². The molecular weight excluding hydrogens is 383 g/mol. The van der Waals surface area contributed by atoms with E-state index in [1.165, 1.54) is 22.4 Å². The second-order valence-corrected chi connectivity index (χ2v) is 10.4. The highest BCUT2D eigenvalue weighted by atomic mass is 32.2. The lowest BCUT2D eigenvalue weighted by Gasteiger charge is -2.17. The number of rotatable bonds is 6. The number of carbonyl (C=O) groups excluding carboxylic acids is 1. The maximum absolute atomic E-state index is 11.2. The zero-order valence-electron chi connectivity index (χ0n) is 18.6. The summed E-state index contributed by atoms with van der Waals surface area (Å²) >= 11 is 1.42. The van der Waals surface area contributed by atoms with E-state index in [0.29, 0.717) is 0 Å². The second kappa shape index (κ2) is 16.7. The summed E-state index contributed by atoms with van der Waals surface area (Å²) in [6.45, 7) is 8.16. The Labute approximate surface area is 178 Å². The van der Waals surface area contributed by atoms with E-state index in [1.54, 1.807) is 6.92 Å². The Balaban J connectivity index is 0.000000607. The van der Waals surface area contributed by atoms with Crippen molar-refractivity contribution in [2.75, 3.05) is 46.8 Å². The van der Waals surface area contributed by atoms with Crippen LogP contribution in [0.5, 0.6) is 0 Å². The third-order valence-electron chi connectivity index (χ3n) is 3.80. The van der Waals surface area contributed by atoms with Gasteiger partial charge in [-0.25, -0.2) is 0 Å². The Hall–Kier alpha value is -1.19. The smallest absolute Gasteiger partial charge is 0.186 e. The van der Waals surface area contributed by atoms with E-state index in [0.717, 1.165) is 18.6 Å². The molecule has 0 aliphatic rings. The van der Waals surface area contributed by atoms with E-state index in [9.17, 15) is 4.79 Å². The summed E-state index contributed by atoms with van der Waals surface area (Å²) in [6.07, 6.45) is 0. The van der Waals surface area contributed by atoms with Crippen molar-refractivity contribution in [2.45, 2.75) is 20.8 Å². The summed E-state index contributed by atoms with van der Waals surface area (Å²) in [6, 6.07) is 20.9. The highest BCUT2D eigenvalue weighted by Crippen LogP contribution is 2.37. The molecule has 3 nitrogen and oxygen atoms in total. The van der Waals surface area contributed by atoms with E-state index in [4.69, 9.17) is 0 Å². The van der Waals surface area contributed by atoms with E-state index in [-0.39, 0.29) is 5.12 Å². The van der Waals surface area contributed by atoms with Crippen LogP contribution in [0.1, 0.15) is 20.8 Å². The van der Waals surface area contributed by atoms with Crippen LogP contribution in [0.4, 0.5) is 0 Å². The molecule has 0 saturated carbocycles. The third-order valence-corrected chi connectivity index (χ3v) is 7.60. The van der Waals surface area contributed by atoms with Gasteiger partial charge in [0, 0.05) is 12.4 Å². The first-order valence-corrected chi connectivity index (χ1v) is 12.1. The first kappa shape index (κ1) is 26.8. The number of benzene rings is 2. The summed E-state index contributed by atoms with van der Waals surface area (Å²) in [4.78, 5) is 15.4. The minimum absolute atomic E-state index is 0.189. The maximum atomic E-state index is 11.2. The van der Waals surface area contributed by atoms with Crippen LogP contribution in [0, 0.1) is 0 Å². The molecule has 2 aromatic carbocycles. The first-order valence-electron chi connectivity index (χ1n) is 9.62. The standard InChI is InChI=1S/C15H15OPS.2C4H11N/c1-13(16)18-12-17(14-8-4-2-5-9-14)15-10-6-3-7-11-15;2*1-4-5(2)3/h2-11H,12H2,1H3;2*4H2,1-3H3. The first-order chi connectivity index (χ1) is 13.3. The van der Waals surface area contributed by atoms with Gasteiger partial charge >= 0.3 is 0 Å². The molecule has 0 spiro atoms. The van der Waals surface area contributed by atoms with Crippen LogP contribution in [-0.2, 0) is 4.79 Å². The minimum Gasteiger partial charge on any atom is -0.310 e. The van der Waals surface area contributed by atoms with Gasteiger partial charge in [-0.3, -0.25) is 4.79 Å².